The highest BCUT2D eigenvalue weighted by molar-refractivity contribution is 9.10. The van der Waals surface area contributed by atoms with Crippen molar-refractivity contribution in [2.45, 2.75) is 11.8 Å². The minimum Gasteiger partial charge on any atom is -0.496 e. The molecule has 0 N–H and O–H groups in total. The summed E-state index contributed by atoms with van der Waals surface area (Å²) in [6.07, 6.45) is 0.166. The van der Waals surface area contributed by atoms with Crippen molar-refractivity contribution in [3.8, 4) is 5.75 Å². The van der Waals surface area contributed by atoms with Crippen LogP contribution in [0.5, 0.6) is 5.75 Å². The molecular formula is C21H20BrFN2O3S. The lowest BCUT2D eigenvalue weighted by Gasteiger charge is -2.28. The van der Waals surface area contributed by atoms with Gasteiger partial charge in [0.25, 0.3) is 0 Å². The summed E-state index contributed by atoms with van der Waals surface area (Å²) in [7, 11) is 1.62. The van der Waals surface area contributed by atoms with Gasteiger partial charge in [0.05, 0.1) is 13.0 Å². The zero-order valence-electron chi connectivity index (χ0n) is 15.8. The topological polar surface area (TPSA) is 49.9 Å². The van der Waals surface area contributed by atoms with Crippen LogP contribution in [0.4, 0.5) is 10.1 Å². The Hall–Kier alpha value is -2.06. The SMILES string of the molecule is COc1ccc(Br)cc1C1SCCN1C(=O)C1CC(=O)N(c2ccc(F)cc2)C1. The highest BCUT2D eigenvalue weighted by Crippen LogP contribution is 2.44. The molecule has 2 fully saturated rings. The summed E-state index contributed by atoms with van der Waals surface area (Å²) in [6.45, 7) is 0.942. The van der Waals surface area contributed by atoms with E-state index in [9.17, 15) is 14.0 Å². The van der Waals surface area contributed by atoms with E-state index in [2.05, 4.69) is 15.9 Å². The summed E-state index contributed by atoms with van der Waals surface area (Å²) < 4.78 is 19.6. The zero-order chi connectivity index (χ0) is 20.5. The number of amides is 2. The summed E-state index contributed by atoms with van der Waals surface area (Å²) in [5.41, 5.74) is 1.56. The quantitative estimate of drug-likeness (QED) is 0.659. The van der Waals surface area contributed by atoms with E-state index in [0.717, 1.165) is 21.5 Å². The molecule has 2 aliphatic rings. The number of carbonyl (C=O) groups excluding carboxylic acids is 2. The maximum atomic E-state index is 13.3. The third-order valence-electron chi connectivity index (χ3n) is 5.24. The molecule has 2 aliphatic heterocycles. The second kappa shape index (κ2) is 8.36. The van der Waals surface area contributed by atoms with Gasteiger partial charge in [0.1, 0.15) is 16.9 Å². The zero-order valence-corrected chi connectivity index (χ0v) is 18.2. The van der Waals surface area contributed by atoms with Crippen molar-refractivity contribution in [1.82, 2.24) is 4.90 Å². The average molecular weight is 479 g/mol. The van der Waals surface area contributed by atoms with Gasteiger partial charge >= 0.3 is 0 Å². The number of benzene rings is 2. The van der Waals surface area contributed by atoms with Crippen LogP contribution in [0.25, 0.3) is 0 Å². The van der Waals surface area contributed by atoms with Crippen LogP contribution in [0.3, 0.4) is 0 Å². The molecule has 8 heteroatoms. The van der Waals surface area contributed by atoms with Gasteiger partial charge in [-0.1, -0.05) is 15.9 Å². The molecule has 29 heavy (non-hydrogen) atoms. The summed E-state index contributed by atoms with van der Waals surface area (Å²) in [4.78, 5) is 29.2. The van der Waals surface area contributed by atoms with Gasteiger partial charge in [-0.2, -0.15) is 0 Å². The summed E-state index contributed by atoms with van der Waals surface area (Å²) in [6, 6.07) is 11.6. The Bertz CT molecular complexity index is 940. The molecule has 2 unspecified atom stereocenters. The van der Waals surface area contributed by atoms with Crippen LogP contribution < -0.4 is 9.64 Å². The molecule has 4 rings (SSSR count). The first-order valence-electron chi connectivity index (χ1n) is 9.29. The molecule has 2 aromatic carbocycles. The van der Waals surface area contributed by atoms with Gasteiger partial charge in [-0.25, -0.2) is 4.39 Å². The maximum Gasteiger partial charge on any atom is 0.229 e. The fourth-order valence-electron chi connectivity index (χ4n) is 3.83. The van der Waals surface area contributed by atoms with E-state index in [-0.39, 0.29) is 29.4 Å². The Labute approximate surface area is 181 Å². The predicted octanol–water partition coefficient (Wildman–Crippen LogP) is 4.22. The van der Waals surface area contributed by atoms with Crippen LogP contribution in [-0.4, -0.2) is 42.7 Å². The van der Waals surface area contributed by atoms with Crippen molar-refractivity contribution >= 4 is 45.2 Å². The van der Waals surface area contributed by atoms with Gasteiger partial charge in [0.15, 0.2) is 0 Å². The number of hydrogen-bond acceptors (Lipinski definition) is 4. The normalized spacial score (nSPS) is 21.7. The van der Waals surface area contributed by atoms with Gasteiger partial charge in [-0.3, -0.25) is 9.59 Å². The van der Waals surface area contributed by atoms with Crippen LogP contribution in [-0.2, 0) is 9.59 Å². The maximum absolute atomic E-state index is 13.3. The lowest BCUT2D eigenvalue weighted by Crippen LogP contribution is -2.37. The third-order valence-corrected chi connectivity index (χ3v) is 6.98. The highest BCUT2D eigenvalue weighted by atomic mass is 79.9. The first-order chi connectivity index (χ1) is 14.0. The largest absolute Gasteiger partial charge is 0.496 e. The van der Waals surface area contributed by atoms with Crippen LogP contribution in [0.15, 0.2) is 46.9 Å². The number of anilines is 1. The molecule has 2 atom stereocenters. The molecule has 0 bridgehead atoms. The Morgan fingerprint density at radius 1 is 1.24 bits per heavy atom. The number of nitrogens with zero attached hydrogens (tertiary/aromatic N) is 2. The number of methoxy groups -OCH3 is 1. The molecule has 2 saturated heterocycles. The summed E-state index contributed by atoms with van der Waals surface area (Å²) >= 11 is 5.19. The minimum absolute atomic E-state index is 0.0278. The van der Waals surface area contributed by atoms with E-state index in [1.165, 1.54) is 12.1 Å². The molecule has 0 saturated carbocycles. The molecule has 152 valence electrons. The second-order valence-corrected chi connectivity index (χ2v) is 9.13. The number of carbonyl (C=O) groups is 2. The van der Waals surface area contributed by atoms with Crippen molar-refractivity contribution in [2.24, 2.45) is 5.92 Å². The van der Waals surface area contributed by atoms with Crippen molar-refractivity contribution in [1.29, 1.82) is 0 Å². The van der Waals surface area contributed by atoms with E-state index in [4.69, 9.17) is 4.74 Å². The standard InChI is InChI=1S/C21H20BrFN2O3S/c1-28-18-7-2-14(22)11-17(18)21-24(8-9-29-21)20(27)13-10-19(26)25(12-13)16-5-3-15(23)4-6-16/h2-7,11,13,21H,8-10,12H2,1H3. The predicted molar refractivity (Wildman–Crippen MR) is 114 cm³/mol. The first-order valence-corrected chi connectivity index (χ1v) is 11.1. The number of halogens is 2. The van der Waals surface area contributed by atoms with Crippen molar-refractivity contribution < 1.29 is 18.7 Å². The summed E-state index contributed by atoms with van der Waals surface area (Å²) in [5, 5.41) is -0.148. The average Bonchev–Trinajstić information content (AvgIpc) is 3.35. The van der Waals surface area contributed by atoms with Gasteiger partial charge in [0, 0.05) is 41.0 Å². The molecule has 0 aromatic heterocycles. The molecule has 0 spiro atoms. The van der Waals surface area contributed by atoms with Crippen molar-refractivity contribution in [3.63, 3.8) is 0 Å². The Balaban J connectivity index is 1.54. The number of rotatable bonds is 4. The smallest absolute Gasteiger partial charge is 0.229 e. The second-order valence-electron chi connectivity index (χ2n) is 7.02. The van der Waals surface area contributed by atoms with Crippen LogP contribution in [0.2, 0.25) is 0 Å². The van der Waals surface area contributed by atoms with Gasteiger partial charge in [-0.15, -0.1) is 11.8 Å². The summed E-state index contributed by atoms with van der Waals surface area (Å²) in [5.74, 6) is 0.660. The minimum atomic E-state index is -0.410. The Morgan fingerprint density at radius 3 is 2.72 bits per heavy atom. The molecule has 2 aromatic rings. The fraction of sp³-hybridized carbons (Fsp3) is 0.333. The van der Waals surface area contributed by atoms with E-state index >= 15 is 0 Å². The van der Waals surface area contributed by atoms with E-state index in [1.54, 1.807) is 35.9 Å². The monoisotopic (exact) mass is 478 g/mol. The van der Waals surface area contributed by atoms with E-state index in [1.807, 2.05) is 23.1 Å². The van der Waals surface area contributed by atoms with Gasteiger partial charge in [0.2, 0.25) is 11.8 Å². The fourth-order valence-corrected chi connectivity index (χ4v) is 5.49. The first kappa shape index (κ1) is 20.2. The van der Waals surface area contributed by atoms with Crippen molar-refractivity contribution in [2.75, 3.05) is 30.9 Å². The van der Waals surface area contributed by atoms with Crippen LogP contribution in [0, 0.1) is 11.7 Å². The Kier molecular flexibility index (Phi) is 5.83. The molecule has 5 nitrogen and oxygen atoms in total. The Morgan fingerprint density at radius 2 is 2.00 bits per heavy atom. The van der Waals surface area contributed by atoms with Gasteiger partial charge < -0.3 is 14.5 Å². The van der Waals surface area contributed by atoms with Crippen molar-refractivity contribution in [3.05, 3.63) is 58.3 Å². The third kappa shape index (κ3) is 4.00. The molecule has 2 heterocycles. The lowest BCUT2D eigenvalue weighted by atomic mass is 10.1. The molecule has 0 radical (unpaired) electrons. The lowest BCUT2D eigenvalue weighted by molar-refractivity contribution is -0.136. The highest BCUT2D eigenvalue weighted by Gasteiger charge is 2.41. The molecule has 2 amide bonds. The number of thioether (sulfide) groups is 1. The molecule has 0 aliphatic carbocycles. The van der Waals surface area contributed by atoms with Gasteiger partial charge in [-0.05, 0) is 42.5 Å². The van der Waals surface area contributed by atoms with E-state index in [0.29, 0.717) is 18.8 Å². The number of ether oxygens (including phenoxy) is 1. The van der Waals surface area contributed by atoms with E-state index < -0.39 is 5.92 Å². The van der Waals surface area contributed by atoms with Crippen LogP contribution >= 0.6 is 27.7 Å². The number of hydrogen-bond donors (Lipinski definition) is 0. The van der Waals surface area contributed by atoms with Crippen LogP contribution in [0.1, 0.15) is 17.4 Å². The molecular weight excluding hydrogens is 459 g/mol.